The third kappa shape index (κ3) is 2.06. The van der Waals surface area contributed by atoms with Crippen LogP contribution in [0.1, 0.15) is 34.2 Å². The van der Waals surface area contributed by atoms with Crippen LogP contribution in [-0.2, 0) is 6.42 Å². The Bertz CT molecular complexity index is 600. The van der Waals surface area contributed by atoms with Gasteiger partial charge in [0.15, 0.2) is 5.78 Å². The molecule has 0 atom stereocenters. The molecule has 1 aromatic carbocycles. The molecule has 2 aromatic rings. The molecule has 0 N–H and O–H groups in total. The number of carbonyl (C=O) groups is 1. The van der Waals surface area contributed by atoms with Gasteiger partial charge in [0.05, 0.1) is 17.4 Å². The van der Waals surface area contributed by atoms with Crippen LogP contribution in [0.15, 0.2) is 28.9 Å². The van der Waals surface area contributed by atoms with E-state index in [1.807, 2.05) is 6.92 Å². The lowest BCUT2D eigenvalue weighted by Crippen LogP contribution is -2.07. The number of aryl methyl sites for hydroxylation is 2. The van der Waals surface area contributed by atoms with Crippen molar-refractivity contribution in [3.63, 3.8) is 0 Å². The van der Waals surface area contributed by atoms with Crippen LogP contribution >= 0.6 is 0 Å². The molecule has 0 aliphatic carbocycles. The number of ketones is 1. The molecule has 0 radical (unpaired) electrons. The Labute approximate surface area is 103 Å². The SMILES string of the molecule is CCc1occc1C(=O)c1cc(C)c(F)cc1F. The molecule has 0 fully saturated rings. The zero-order chi connectivity index (χ0) is 13.3. The van der Waals surface area contributed by atoms with Crippen LogP contribution in [-0.4, -0.2) is 5.78 Å². The van der Waals surface area contributed by atoms with Crippen molar-refractivity contribution in [2.75, 3.05) is 0 Å². The first-order chi connectivity index (χ1) is 8.54. The molecule has 4 heteroatoms. The maximum absolute atomic E-state index is 13.6. The molecule has 94 valence electrons. The second-order valence-electron chi connectivity index (χ2n) is 4.02. The molecule has 0 aliphatic heterocycles. The molecular weight excluding hydrogens is 238 g/mol. The third-order valence-corrected chi connectivity index (χ3v) is 2.80. The number of rotatable bonds is 3. The summed E-state index contributed by atoms with van der Waals surface area (Å²) in [6, 6.07) is 3.45. The van der Waals surface area contributed by atoms with Gasteiger partial charge in [-0.1, -0.05) is 6.92 Å². The highest BCUT2D eigenvalue weighted by Crippen LogP contribution is 2.21. The Hall–Kier alpha value is -1.97. The van der Waals surface area contributed by atoms with Gasteiger partial charge in [-0.15, -0.1) is 0 Å². The highest BCUT2D eigenvalue weighted by Gasteiger charge is 2.20. The lowest BCUT2D eigenvalue weighted by Gasteiger charge is -2.05. The van der Waals surface area contributed by atoms with E-state index >= 15 is 0 Å². The fraction of sp³-hybridized carbons (Fsp3) is 0.214. The molecule has 18 heavy (non-hydrogen) atoms. The third-order valence-electron chi connectivity index (χ3n) is 2.80. The van der Waals surface area contributed by atoms with Crippen molar-refractivity contribution in [3.05, 3.63) is 58.5 Å². The van der Waals surface area contributed by atoms with Gasteiger partial charge < -0.3 is 4.42 Å². The van der Waals surface area contributed by atoms with Gasteiger partial charge in [-0.3, -0.25) is 4.79 Å². The molecule has 1 aromatic heterocycles. The molecule has 0 saturated heterocycles. The Balaban J connectivity index is 2.50. The first kappa shape index (κ1) is 12.5. The molecule has 2 nitrogen and oxygen atoms in total. The van der Waals surface area contributed by atoms with Crippen molar-refractivity contribution in [2.24, 2.45) is 0 Å². The van der Waals surface area contributed by atoms with Crippen molar-refractivity contribution in [1.29, 1.82) is 0 Å². The Morgan fingerprint density at radius 3 is 2.61 bits per heavy atom. The van der Waals surface area contributed by atoms with Crippen LogP contribution in [0.4, 0.5) is 8.78 Å². The van der Waals surface area contributed by atoms with Crippen LogP contribution < -0.4 is 0 Å². The predicted octanol–water partition coefficient (Wildman–Crippen LogP) is 3.66. The summed E-state index contributed by atoms with van der Waals surface area (Å²) < 4.78 is 31.9. The largest absolute Gasteiger partial charge is 0.469 e. The van der Waals surface area contributed by atoms with Crippen molar-refractivity contribution in [3.8, 4) is 0 Å². The molecule has 0 unspecified atom stereocenters. The van der Waals surface area contributed by atoms with Crippen LogP contribution in [0.2, 0.25) is 0 Å². The lowest BCUT2D eigenvalue weighted by atomic mass is 10.0. The van der Waals surface area contributed by atoms with E-state index in [0.717, 1.165) is 6.07 Å². The molecular formula is C14H12F2O2. The zero-order valence-corrected chi connectivity index (χ0v) is 10.1. The van der Waals surface area contributed by atoms with Crippen LogP contribution in [0.25, 0.3) is 0 Å². The molecule has 0 bridgehead atoms. The minimum absolute atomic E-state index is 0.134. The monoisotopic (exact) mass is 250 g/mol. The smallest absolute Gasteiger partial charge is 0.199 e. The fourth-order valence-electron chi connectivity index (χ4n) is 1.79. The molecule has 0 spiro atoms. The van der Waals surface area contributed by atoms with Gasteiger partial charge in [0.25, 0.3) is 0 Å². The number of furan rings is 1. The molecule has 0 aliphatic rings. The maximum Gasteiger partial charge on any atom is 0.199 e. The van der Waals surface area contributed by atoms with Gasteiger partial charge in [0.2, 0.25) is 0 Å². The van der Waals surface area contributed by atoms with Crippen molar-refractivity contribution in [2.45, 2.75) is 20.3 Å². The summed E-state index contributed by atoms with van der Waals surface area (Å²) in [7, 11) is 0. The number of halogens is 2. The average Bonchev–Trinajstić information content (AvgIpc) is 2.81. The van der Waals surface area contributed by atoms with E-state index in [9.17, 15) is 13.6 Å². The quantitative estimate of drug-likeness (QED) is 0.778. The first-order valence-electron chi connectivity index (χ1n) is 5.61. The molecule has 0 saturated carbocycles. The number of benzene rings is 1. The van der Waals surface area contributed by atoms with Crippen LogP contribution in [0.3, 0.4) is 0 Å². The molecule has 1 heterocycles. The number of carbonyl (C=O) groups excluding carboxylic acids is 1. The van der Waals surface area contributed by atoms with Crippen molar-refractivity contribution < 1.29 is 18.0 Å². The number of hydrogen-bond acceptors (Lipinski definition) is 2. The Morgan fingerprint density at radius 1 is 1.22 bits per heavy atom. The number of hydrogen-bond donors (Lipinski definition) is 0. The van der Waals surface area contributed by atoms with Crippen molar-refractivity contribution in [1.82, 2.24) is 0 Å². The van der Waals surface area contributed by atoms with E-state index in [4.69, 9.17) is 4.42 Å². The summed E-state index contributed by atoms with van der Waals surface area (Å²) in [6.45, 7) is 3.32. The summed E-state index contributed by atoms with van der Waals surface area (Å²) in [6.07, 6.45) is 1.93. The normalized spacial score (nSPS) is 10.7. The second-order valence-corrected chi connectivity index (χ2v) is 4.02. The van der Waals surface area contributed by atoms with E-state index in [2.05, 4.69) is 0 Å². The second kappa shape index (κ2) is 4.72. The first-order valence-corrected chi connectivity index (χ1v) is 5.61. The summed E-state index contributed by atoms with van der Waals surface area (Å²) in [5.74, 6) is -1.50. The van der Waals surface area contributed by atoms with Gasteiger partial charge in [-0.2, -0.15) is 0 Å². The van der Waals surface area contributed by atoms with E-state index in [0.29, 0.717) is 17.7 Å². The highest BCUT2D eigenvalue weighted by molar-refractivity contribution is 6.09. The van der Waals surface area contributed by atoms with Gasteiger partial charge in [-0.25, -0.2) is 8.78 Å². The standard InChI is InChI=1S/C14H12F2O2/c1-3-13-9(4-5-18-13)14(17)10-6-8(2)11(15)7-12(10)16/h4-7H,3H2,1-2H3. The van der Waals surface area contributed by atoms with Gasteiger partial charge in [0.1, 0.15) is 17.4 Å². The van der Waals surface area contributed by atoms with E-state index in [1.165, 1.54) is 25.3 Å². The van der Waals surface area contributed by atoms with E-state index < -0.39 is 17.4 Å². The van der Waals surface area contributed by atoms with Gasteiger partial charge in [-0.05, 0) is 24.6 Å². The lowest BCUT2D eigenvalue weighted by molar-refractivity contribution is 0.103. The minimum Gasteiger partial charge on any atom is -0.469 e. The fourth-order valence-corrected chi connectivity index (χ4v) is 1.79. The maximum atomic E-state index is 13.6. The summed E-state index contributed by atoms with van der Waals surface area (Å²) in [5, 5.41) is 0. The predicted molar refractivity (Wildman–Crippen MR) is 62.6 cm³/mol. The summed E-state index contributed by atoms with van der Waals surface area (Å²) in [4.78, 5) is 12.1. The van der Waals surface area contributed by atoms with Crippen LogP contribution in [0.5, 0.6) is 0 Å². The van der Waals surface area contributed by atoms with Gasteiger partial charge in [0, 0.05) is 12.5 Å². The highest BCUT2D eigenvalue weighted by atomic mass is 19.1. The molecule has 2 rings (SSSR count). The van der Waals surface area contributed by atoms with E-state index in [1.54, 1.807) is 0 Å². The Morgan fingerprint density at radius 2 is 1.94 bits per heavy atom. The van der Waals surface area contributed by atoms with E-state index in [-0.39, 0.29) is 11.1 Å². The Kier molecular flexibility index (Phi) is 3.28. The minimum atomic E-state index is -0.855. The van der Waals surface area contributed by atoms with Crippen LogP contribution in [0, 0.1) is 18.6 Å². The zero-order valence-electron chi connectivity index (χ0n) is 10.1. The topological polar surface area (TPSA) is 30.2 Å². The summed E-state index contributed by atoms with van der Waals surface area (Å²) >= 11 is 0. The molecule has 0 amide bonds. The van der Waals surface area contributed by atoms with Crippen molar-refractivity contribution >= 4 is 5.78 Å². The van der Waals surface area contributed by atoms with Gasteiger partial charge >= 0.3 is 0 Å². The average molecular weight is 250 g/mol. The summed E-state index contributed by atoms with van der Waals surface area (Å²) in [5.41, 5.74) is 0.425.